The van der Waals surface area contributed by atoms with Crippen LogP contribution in [0.4, 0.5) is 0 Å². The molecule has 21 heavy (non-hydrogen) atoms. The van der Waals surface area contributed by atoms with Crippen LogP contribution >= 0.6 is 11.8 Å². The molecule has 0 amide bonds. The minimum Gasteiger partial charge on any atom is -0.463 e. The van der Waals surface area contributed by atoms with Gasteiger partial charge in [-0.2, -0.15) is 0 Å². The first-order valence-electron chi connectivity index (χ1n) is 6.02. The second-order valence-corrected chi connectivity index (χ2v) is 4.94. The molecule has 0 saturated carbocycles. The number of thioether (sulfide) groups is 1. The van der Waals surface area contributed by atoms with Crippen LogP contribution in [0, 0.1) is 0 Å². The monoisotopic (exact) mass is 305 g/mol. The summed E-state index contributed by atoms with van der Waals surface area (Å²) in [4.78, 5) is 14.5. The fourth-order valence-corrected chi connectivity index (χ4v) is 2.44. The van der Waals surface area contributed by atoms with Gasteiger partial charge in [0.1, 0.15) is 5.69 Å². The van der Waals surface area contributed by atoms with Gasteiger partial charge in [-0.1, -0.05) is 11.8 Å². The SMILES string of the molecule is COC(=O)c1occc1CSc1nnc(-c2ccc[nH]2)o1. The molecule has 3 aromatic rings. The van der Waals surface area contributed by atoms with Gasteiger partial charge in [-0.05, 0) is 18.2 Å². The van der Waals surface area contributed by atoms with E-state index in [4.69, 9.17) is 8.83 Å². The number of carbonyl (C=O) groups excluding carboxylic acids is 1. The van der Waals surface area contributed by atoms with E-state index in [1.165, 1.54) is 25.1 Å². The van der Waals surface area contributed by atoms with Gasteiger partial charge in [0.05, 0.1) is 13.4 Å². The third-order valence-corrected chi connectivity index (χ3v) is 3.57. The number of aromatic nitrogens is 3. The van der Waals surface area contributed by atoms with Gasteiger partial charge in [0.25, 0.3) is 11.1 Å². The van der Waals surface area contributed by atoms with Crippen molar-refractivity contribution < 1.29 is 18.4 Å². The van der Waals surface area contributed by atoms with Crippen molar-refractivity contribution in [3.63, 3.8) is 0 Å². The van der Waals surface area contributed by atoms with E-state index in [9.17, 15) is 4.79 Å². The minimum atomic E-state index is -0.506. The average molecular weight is 305 g/mol. The largest absolute Gasteiger partial charge is 0.463 e. The Kier molecular flexibility index (Phi) is 3.78. The van der Waals surface area contributed by atoms with Gasteiger partial charge in [0.2, 0.25) is 5.76 Å². The van der Waals surface area contributed by atoms with Crippen molar-refractivity contribution in [1.82, 2.24) is 15.2 Å². The standard InChI is InChI=1S/C13H11N3O4S/c1-18-12(17)10-8(4-6-19-10)7-21-13-16-15-11(20-13)9-3-2-5-14-9/h2-6,14H,7H2,1H3. The fraction of sp³-hybridized carbons (Fsp3) is 0.154. The van der Waals surface area contributed by atoms with E-state index >= 15 is 0 Å². The van der Waals surface area contributed by atoms with Gasteiger partial charge in [-0.25, -0.2) is 4.79 Å². The number of rotatable bonds is 5. The molecular weight excluding hydrogens is 294 g/mol. The van der Waals surface area contributed by atoms with Crippen LogP contribution in [-0.4, -0.2) is 28.3 Å². The summed E-state index contributed by atoms with van der Waals surface area (Å²) in [6.07, 6.45) is 3.22. The summed E-state index contributed by atoms with van der Waals surface area (Å²) >= 11 is 1.32. The number of carbonyl (C=O) groups is 1. The Labute approximate surface area is 123 Å². The van der Waals surface area contributed by atoms with Crippen LogP contribution in [0.2, 0.25) is 0 Å². The zero-order valence-corrected chi connectivity index (χ0v) is 11.8. The highest BCUT2D eigenvalue weighted by Gasteiger charge is 2.17. The maximum Gasteiger partial charge on any atom is 0.374 e. The number of nitrogens with one attached hydrogen (secondary N) is 1. The zero-order chi connectivity index (χ0) is 14.7. The predicted molar refractivity (Wildman–Crippen MR) is 73.7 cm³/mol. The Balaban J connectivity index is 1.69. The van der Waals surface area contributed by atoms with E-state index in [0.717, 1.165) is 5.69 Å². The number of esters is 1. The summed E-state index contributed by atoms with van der Waals surface area (Å²) in [5.74, 6) is 0.568. The van der Waals surface area contributed by atoms with Crippen molar-refractivity contribution in [2.75, 3.05) is 7.11 Å². The van der Waals surface area contributed by atoms with Crippen LogP contribution in [0.1, 0.15) is 16.1 Å². The van der Waals surface area contributed by atoms with E-state index in [-0.39, 0.29) is 5.76 Å². The highest BCUT2D eigenvalue weighted by atomic mass is 32.2. The molecule has 8 heteroatoms. The van der Waals surface area contributed by atoms with Crippen molar-refractivity contribution >= 4 is 17.7 Å². The van der Waals surface area contributed by atoms with Crippen LogP contribution in [0.5, 0.6) is 0 Å². The maximum atomic E-state index is 11.5. The summed E-state index contributed by atoms with van der Waals surface area (Å²) < 4.78 is 15.3. The van der Waals surface area contributed by atoms with Gasteiger partial charge in [-0.15, -0.1) is 10.2 Å². The van der Waals surface area contributed by atoms with Crippen molar-refractivity contribution in [2.24, 2.45) is 0 Å². The zero-order valence-electron chi connectivity index (χ0n) is 11.0. The highest BCUT2D eigenvalue weighted by Crippen LogP contribution is 2.26. The van der Waals surface area contributed by atoms with Crippen molar-refractivity contribution in [2.45, 2.75) is 11.0 Å². The fourth-order valence-electron chi connectivity index (χ4n) is 1.70. The molecule has 0 aliphatic rings. The Morgan fingerprint density at radius 2 is 2.33 bits per heavy atom. The predicted octanol–water partition coefficient (Wildman–Crippen LogP) is 2.74. The summed E-state index contributed by atoms with van der Waals surface area (Å²) in [6, 6.07) is 5.40. The molecule has 0 saturated heterocycles. The van der Waals surface area contributed by atoms with Crippen molar-refractivity contribution in [3.05, 3.63) is 42.0 Å². The number of methoxy groups -OCH3 is 1. The summed E-state index contributed by atoms with van der Waals surface area (Å²) in [5, 5.41) is 8.31. The van der Waals surface area contributed by atoms with Gasteiger partial charge >= 0.3 is 5.97 Å². The molecule has 0 aromatic carbocycles. The molecule has 0 unspecified atom stereocenters. The van der Waals surface area contributed by atoms with Crippen LogP contribution in [0.3, 0.4) is 0 Å². The van der Waals surface area contributed by atoms with E-state index in [1.54, 1.807) is 12.3 Å². The lowest BCUT2D eigenvalue weighted by Crippen LogP contribution is -2.02. The summed E-state index contributed by atoms with van der Waals surface area (Å²) in [6.45, 7) is 0. The molecule has 0 bridgehead atoms. The lowest BCUT2D eigenvalue weighted by molar-refractivity contribution is 0.0564. The first-order valence-corrected chi connectivity index (χ1v) is 7.01. The first kappa shape index (κ1) is 13.5. The number of nitrogens with zero attached hydrogens (tertiary/aromatic N) is 2. The number of ether oxygens (including phenoxy) is 1. The van der Waals surface area contributed by atoms with Crippen LogP contribution in [0.15, 0.2) is 44.7 Å². The molecule has 0 atom stereocenters. The smallest absolute Gasteiger partial charge is 0.374 e. The molecule has 0 spiro atoms. The minimum absolute atomic E-state index is 0.189. The quantitative estimate of drug-likeness (QED) is 0.572. The van der Waals surface area contributed by atoms with Crippen molar-refractivity contribution in [1.29, 1.82) is 0 Å². The topological polar surface area (TPSA) is 94.1 Å². The number of furan rings is 1. The van der Waals surface area contributed by atoms with Crippen molar-refractivity contribution in [3.8, 4) is 11.6 Å². The Morgan fingerprint density at radius 3 is 3.10 bits per heavy atom. The normalized spacial score (nSPS) is 10.7. The maximum absolute atomic E-state index is 11.5. The van der Waals surface area contributed by atoms with E-state index < -0.39 is 5.97 Å². The molecule has 0 fully saturated rings. The van der Waals surface area contributed by atoms with Gasteiger partial charge < -0.3 is 18.6 Å². The van der Waals surface area contributed by atoms with E-state index in [1.807, 2.05) is 12.1 Å². The number of aromatic amines is 1. The second kappa shape index (κ2) is 5.88. The third-order valence-electron chi connectivity index (χ3n) is 2.70. The Hall–Kier alpha value is -2.48. The lowest BCUT2D eigenvalue weighted by atomic mass is 10.3. The Morgan fingerprint density at radius 1 is 1.43 bits per heavy atom. The third kappa shape index (κ3) is 2.84. The number of hydrogen-bond acceptors (Lipinski definition) is 7. The first-order chi connectivity index (χ1) is 10.3. The second-order valence-electron chi connectivity index (χ2n) is 4.01. The van der Waals surface area contributed by atoms with Crippen LogP contribution in [-0.2, 0) is 10.5 Å². The number of H-pyrrole nitrogens is 1. The summed E-state index contributed by atoms with van der Waals surface area (Å²) in [5.41, 5.74) is 1.47. The molecule has 0 aliphatic carbocycles. The Bertz CT molecular complexity index is 732. The molecule has 3 aromatic heterocycles. The molecular formula is C13H11N3O4S. The average Bonchev–Trinajstić information content (AvgIpc) is 3.23. The molecule has 0 aliphatic heterocycles. The van der Waals surface area contributed by atoms with Gasteiger partial charge in [-0.3, -0.25) is 0 Å². The van der Waals surface area contributed by atoms with E-state index in [2.05, 4.69) is 19.9 Å². The molecule has 108 valence electrons. The lowest BCUT2D eigenvalue weighted by Gasteiger charge is -1.98. The summed E-state index contributed by atoms with van der Waals surface area (Å²) in [7, 11) is 1.31. The molecule has 3 heterocycles. The molecule has 7 nitrogen and oxygen atoms in total. The molecule has 0 radical (unpaired) electrons. The highest BCUT2D eigenvalue weighted by molar-refractivity contribution is 7.98. The van der Waals surface area contributed by atoms with Crippen LogP contribution < -0.4 is 0 Å². The van der Waals surface area contributed by atoms with Crippen LogP contribution in [0.25, 0.3) is 11.6 Å². The van der Waals surface area contributed by atoms with E-state index in [0.29, 0.717) is 22.4 Å². The van der Waals surface area contributed by atoms with Gasteiger partial charge in [0.15, 0.2) is 0 Å². The molecule has 1 N–H and O–H groups in total. The molecule has 3 rings (SSSR count). The van der Waals surface area contributed by atoms with Gasteiger partial charge in [0, 0.05) is 17.5 Å². The number of hydrogen-bond donors (Lipinski definition) is 1.